The number of anilines is 1. The van der Waals surface area contributed by atoms with Gasteiger partial charge < -0.3 is 5.73 Å². The summed E-state index contributed by atoms with van der Waals surface area (Å²) >= 11 is 5.97. The van der Waals surface area contributed by atoms with E-state index >= 15 is 0 Å². The van der Waals surface area contributed by atoms with Crippen molar-refractivity contribution in [2.24, 2.45) is 7.05 Å². The molecule has 0 saturated heterocycles. The van der Waals surface area contributed by atoms with E-state index in [4.69, 9.17) is 17.3 Å². The first-order valence-corrected chi connectivity index (χ1v) is 8.19. The van der Waals surface area contributed by atoms with E-state index in [1.54, 1.807) is 11.6 Å². The fourth-order valence-corrected chi connectivity index (χ4v) is 3.21. The molecule has 0 amide bonds. The maximum atomic E-state index is 12.2. The molecule has 8 heteroatoms. The van der Waals surface area contributed by atoms with E-state index in [-0.39, 0.29) is 11.4 Å². The monoisotopic (exact) mass is 328 g/mol. The standard InChI is InChI=1S/C13H17ClN4O2S/c1-9-12(14)7-11(8-13(9)15)21(19,20)16-5-3-10-4-6-18(2)17-10/h4,6-8,16H,3,5,15H2,1-2H3. The molecule has 1 heterocycles. The number of halogens is 1. The molecule has 0 aliphatic carbocycles. The van der Waals surface area contributed by atoms with Crippen LogP contribution >= 0.6 is 11.6 Å². The Labute approximate surface area is 129 Å². The molecule has 1 aromatic carbocycles. The summed E-state index contributed by atoms with van der Waals surface area (Å²) in [5.74, 6) is 0. The Kier molecular flexibility index (Phi) is 4.55. The van der Waals surface area contributed by atoms with Crippen LogP contribution in [0.5, 0.6) is 0 Å². The smallest absolute Gasteiger partial charge is 0.240 e. The van der Waals surface area contributed by atoms with Gasteiger partial charge in [0.1, 0.15) is 0 Å². The molecule has 0 saturated carbocycles. The van der Waals surface area contributed by atoms with E-state index in [2.05, 4.69) is 9.82 Å². The van der Waals surface area contributed by atoms with Crippen molar-refractivity contribution in [2.75, 3.05) is 12.3 Å². The van der Waals surface area contributed by atoms with Gasteiger partial charge in [0.05, 0.1) is 10.6 Å². The quantitative estimate of drug-likeness (QED) is 0.814. The number of sulfonamides is 1. The Morgan fingerprint density at radius 2 is 2.14 bits per heavy atom. The number of benzene rings is 1. The summed E-state index contributed by atoms with van der Waals surface area (Å²) in [4.78, 5) is 0.0663. The summed E-state index contributed by atoms with van der Waals surface area (Å²) in [6.45, 7) is 1.99. The minimum Gasteiger partial charge on any atom is -0.398 e. The number of nitrogens with zero attached hydrogens (tertiary/aromatic N) is 2. The first kappa shape index (κ1) is 15.8. The minimum atomic E-state index is -3.63. The molecule has 6 nitrogen and oxygen atoms in total. The van der Waals surface area contributed by atoms with Crippen LogP contribution in [-0.4, -0.2) is 24.7 Å². The van der Waals surface area contributed by atoms with Crippen LogP contribution in [0.2, 0.25) is 5.02 Å². The van der Waals surface area contributed by atoms with E-state index in [9.17, 15) is 8.42 Å². The Morgan fingerprint density at radius 1 is 1.43 bits per heavy atom. The van der Waals surface area contributed by atoms with Crippen molar-refractivity contribution in [1.82, 2.24) is 14.5 Å². The van der Waals surface area contributed by atoms with Crippen LogP contribution < -0.4 is 10.5 Å². The Morgan fingerprint density at radius 3 is 2.71 bits per heavy atom. The molecule has 0 fully saturated rings. The number of rotatable bonds is 5. The average Bonchev–Trinajstić information content (AvgIpc) is 2.81. The zero-order chi connectivity index (χ0) is 15.6. The van der Waals surface area contributed by atoms with E-state index < -0.39 is 10.0 Å². The van der Waals surface area contributed by atoms with Crippen molar-refractivity contribution in [3.05, 3.63) is 40.7 Å². The first-order chi connectivity index (χ1) is 9.79. The third kappa shape index (κ3) is 3.75. The fourth-order valence-electron chi connectivity index (χ4n) is 1.82. The van der Waals surface area contributed by atoms with Gasteiger partial charge in [0.15, 0.2) is 0 Å². The van der Waals surface area contributed by atoms with Crippen molar-refractivity contribution in [3.63, 3.8) is 0 Å². The lowest BCUT2D eigenvalue weighted by atomic mass is 10.2. The average molecular weight is 329 g/mol. The fraction of sp³-hybridized carbons (Fsp3) is 0.308. The lowest BCUT2D eigenvalue weighted by Gasteiger charge is -2.09. The molecule has 1 aromatic heterocycles. The molecule has 3 N–H and O–H groups in total. The topological polar surface area (TPSA) is 90.0 Å². The number of nitrogens with two attached hydrogens (primary N) is 1. The van der Waals surface area contributed by atoms with Gasteiger partial charge in [-0.15, -0.1) is 0 Å². The normalized spacial score (nSPS) is 11.8. The van der Waals surface area contributed by atoms with Gasteiger partial charge in [0.25, 0.3) is 0 Å². The number of hydrogen-bond acceptors (Lipinski definition) is 4. The highest BCUT2D eigenvalue weighted by Gasteiger charge is 2.16. The largest absolute Gasteiger partial charge is 0.398 e. The molecule has 2 rings (SSSR count). The zero-order valence-electron chi connectivity index (χ0n) is 11.8. The lowest BCUT2D eigenvalue weighted by molar-refractivity contribution is 0.581. The van der Waals surface area contributed by atoms with Gasteiger partial charge in [-0.2, -0.15) is 5.10 Å². The predicted octanol–water partition coefficient (Wildman–Crippen LogP) is 1.49. The van der Waals surface area contributed by atoms with Crippen LogP contribution in [0.1, 0.15) is 11.3 Å². The van der Waals surface area contributed by atoms with Crippen molar-refractivity contribution >= 4 is 27.3 Å². The summed E-state index contributed by atoms with van der Waals surface area (Å²) < 4.78 is 28.6. The number of nitrogen functional groups attached to an aromatic ring is 1. The summed E-state index contributed by atoms with van der Waals surface area (Å²) in [7, 11) is -1.82. The van der Waals surface area contributed by atoms with Gasteiger partial charge in [-0.05, 0) is 30.7 Å². The molecule has 0 unspecified atom stereocenters. The number of aromatic nitrogens is 2. The highest BCUT2D eigenvalue weighted by Crippen LogP contribution is 2.25. The second-order valence-electron chi connectivity index (χ2n) is 4.75. The Hall–Kier alpha value is -1.57. The number of nitrogens with one attached hydrogen (secondary N) is 1. The summed E-state index contributed by atoms with van der Waals surface area (Å²) in [6, 6.07) is 4.65. The number of hydrogen-bond donors (Lipinski definition) is 2. The van der Waals surface area contributed by atoms with Crippen molar-refractivity contribution in [3.8, 4) is 0 Å². The summed E-state index contributed by atoms with van der Waals surface area (Å²) in [6.07, 6.45) is 2.32. The third-order valence-electron chi connectivity index (χ3n) is 3.11. The van der Waals surface area contributed by atoms with Gasteiger partial charge in [-0.1, -0.05) is 11.6 Å². The molecule has 21 heavy (non-hydrogen) atoms. The van der Waals surface area contributed by atoms with Crippen molar-refractivity contribution in [2.45, 2.75) is 18.2 Å². The molecule has 0 atom stereocenters. The van der Waals surface area contributed by atoms with E-state index in [1.807, 2.05) is 19.3 Å². The van der Waals surface area contributed by atoms with Gasteiger partial charge in [-0.25, -0.2) is 13.1 Å². The van der Waals surface area contributed by atoms with Crippen LogP contribution in [0.15, 0.2) is 29.3 Å². The second-order valence-corrected chi connectivity index (χ2v) is 6.92. The molecular weight excluding hydrogens is 312 g/mol. The third-order valence-corrected chi connectivity index (χ3v) is 4.94. The highest BCUT2D eigenvalue weighted by molar-refractivity contribution is 7.89. The first-order valence-electron chi connectivity index (χ1n) is 6.33. The van der Waals surface area contributed by atoms with Crippen molar-refractivity contribution in [1.29, 1.82) is 0 Å². The van der Waals surface area contributed by atoms with Crippen LogP contribution in [-0.2, 0) is 23.5 Å². The minimum absolute atomic E-state index is 0.0663. The lowest BCUT2D eigenvalue weighted by Crippen LogP contribution is -2.26. The maximum absolute atomic E-state index is 12.2. The molecule has 0 bridgehead atoms. The predicted molar refractivity (Wildman–Crippen MR) is 82.7 cm³/mol. The highest BCUT2D eigenvalue weighted by atomic mass is 35.5. The van der Waals surface area contributed by atoms with Crippen LogP contribution in [0.4, 0.5) is 5.69 Å². The van der Waals surface area contributed by atoms with E-state index in [0.717, 1.165) is 5.69 Å². The van der Waals surface area contributed by atoms with E-state index in [1.165, 1.54) is 12.1 Å². The van der Waals surface area contributed by atoms with Crippen LogP contribution in [0, 0.1) is 6.92 Å². The Balaban J connectivity index is 2.08. The number of aryl methyl sites for hydroxylation is 1. The molecule has 114 valence electrons. The van der Waals surface area contributed by atoms with Crippen LogP contribution in [0.25, 0.3) is 0 Å². The second kappa shape index (κ2) is 6.05. The summed E-state index contributed by atoms with van der Waals surface area (Å²) in [5.41, 5.74) is 7.60. The Bertz CT molecular complexity index is 732. The molecule has 0 aliphatic rings. The van der Waals surface area contributed by atoms with Gasteiger partial charge >= 0.3 is 0 Å². The van der Waals surface area contributed by atoms with Gasteiger partial charge in [0, 0.05) is 36.9 Å². The zero-order valence-corrected chi connectivity index (χ0v) is 13.4. The molecule has 2 aromatic rings. The van der Waals surface area contributed by atoms with E-state index in [0.29, 0.717) is 22.7 Å². The SMILES string of the molecule is Cc1c(N)cc(S(=O)(=O)NCCc2ccn(C)n2)cc1Cl. The van der Waals surface area contributed by atoms with Gasteiger partial charge in [-0.3, -0.25) is 4.68 Å². The maximum Gasteiger partial charge on any atom is 0.240 e. The summed E-state index contributed by atoms with van der Waals surface area (Å²) in [5, 5.41) is 4.52. The molecule has 0 spiro atoms. The molecule has 0 aliphatic heterocycles. The van der Waals surface area contributed by atoms with Crippen LogP contribution in [0.3, 0.4) is 0 Å². The van der Waals surface area contributed by atoms with Crippen molar-refractivity contribution < 1.29 is 8.42 Å². The molecular formula is C13H17ClN4O2S. The molecule has 0 radical (unpaired) electrons. The van der Waals surface area contributed by atoms with Gasteiger partial charge in [0.2, 0.25) is 10.0 Å².